The standard InChI is InChI=1S/C13H9BrF4N2/c14-7-2-1-3-8(15)10(7)13(20-19)6-4-5-9(16)12(18)11(6)17/h1-5,13,20H,19H2. The van der Waals surface area contributed by atoms with E-state index >= 15 is 0 Å². The lowest BCUT2D eigenvalue weighted by molar-refractivity contribution is 0.431. The summed E-state index contributed by atoms with van der Waals surface area (Å²) in [5.41, 5.74) is 1.91. The predicted molar refractivity (Wildman–Crippen MR) is 69.6 cm³/mol. The Balaban J connectivity index is 2.62. The van der Waals surface area contributed by atoms with Crippen LogP contribution in [0.3, 0.4) is 0 Å². The minimum atomic E-state index is -1.63. The lowest BCUT2D eigenvalue weighted by Crippen LogP contribution is -2.31. The van der Waals surface area contributed by atoms with Crippen LogP contribution < -0.4 is 11.3 Å². The molecule has 0 aliphatic heterocycles. The van der Waals surface area contributed by atoms with E-state index in [2.05, 4.69) is 21.4 Å². The molecule has 2 aromatic carbocycles. The molecule has 1 unspecified atom stereocenters. The van der Waals surface area contributed by atoms with Crippen molar-refractivity contribution in [3.63, 3.8) is 0 Å². The molecule has 0 bridgehead atoms. The third-order valence-electron chi connectivity index (χ3n) is 2.83. The van der Waals surface area contributed by atoms with Gasteiger partial charge in [0.1, 0.15) is 5.82 Å². The molecule has 7 heteroatoms. The highest BCUT2D eigenvalue weighted by Gasteiger charge is 2.25. The summed E-state index contributed by atoms with van der Waals surface area (Å²) in [5, 5.41) is 0. The number of nitrogens with two attached hydrogens (primary N) is 1. The average molecular weight is 349 g/mol. The van der Waals surface area contributed by atoms with Crippen LogP contribution in [0.1, 0.15) is 17.2 Å². The predicted octanol–water partition coefficient (Wildman–Crippen LogP) is 3.56. The molecule has 1 atom stereocenters. The van der Waals surface area contributed by atoms with E-state index in [1.807, 2.05) is 0 Å². The van der Waals surface area contributed by atoms with E-state index in [-0.39, 0.29) is 11.1 Å². The Kier molecular flexibility index (Phi) is 4.42. The Bertz CT molecular complexity index is 628. The molecule has 2 rings (SSSR count). The number of halogens is 5. The molecule has 0 aliphatic carbocycles. The molecule has 2 aromatic rings. The molecule has 106 valence electrons. The van der Waals surface area contributed by atoms with Gasteiger partial charge in [-0.15, -0.1) is 0 Å². The number of nitrogens with one attached hydrogen (secondary N) is 1. The highest BCUT2D eigenvalue weighted by Crippen LogP contribution is 2.32. The number of rotatable bonds is 3. The minimum Gasteiger partial charge on any atom is -0.271 e. The second-order valence-corrected chi connectivity index (χ2v) is 4.85. The van der Waals surface area contributed by atoms with E-state index in [1.165, 1.54) is 12.1 Å². The van der Waals surface area contributed by atoms with E-state index in [0.29, 0.717) is 4.47 Å². The maximum absolute atomic E-state index is 13.9. The summed E-state index contributed by atoms with van der Waals surface area (Å²) in [7, 11) is 0. The molecule has 0 saturated heterocycles. The van der Waals surface area contributed by atoms with Crippen molar-refractivity contribution in [1.82, 2.24) is 5.43 Å². The molecule has 0 aromatic heterocycles. The van der Waals surface area contributed by atoms with Crippen molar-refractivity contribution in [1.29, 1.82) is 0 Å². The molecule has 0 fully saturated rings. The Hall–Kier alpha value is -1.44. The highest BCUT2D eigenvalue weighted by atomic mass is 79.9. The lowest BCUT2D eigenvalue weighted by atomic mass is 9.98. The molecular formula is C13H9BrF4N2. The number of hydrogen-bond donors (Lipinski definition) is 2. The summed E-state index contributed by atoms with van der Waals surface area (Å²) in [5.74, 6) is 0.283. The summed E-state index contributed by atoms with van der Waals surface area (Å²) in [6.07, 6.45) is 0. The zero-order valence-electron chi connectivity index (χ0n) is 9.93. The number of hydrazine groups is 1. The zero-order chi connectivity index (χ0) is 14.9. The van der Waals surface area contributed by atoms with Gasteiger partial charge in [-0.3, -0.25) is 5.84 Å². The topological polar surface area (TPSA) is 38.0 Å². The highest BCUT2D eigenvalue weighted by molar-refractivity contribution is 9.10. The summed E-state index contributed by atoms with van der Waals surface area (Å²) in [4.78, 5) is 0. The monoisotopic (exact) mass is 348 g/mol. The molecule has 0 saturated carbocycles. The summed E-state index contributed by atoms with van der Waals surface area (Å²) < 4.78 is 54.2. The fraction of sp³-hybridized carbons (Fsp3) is 0.0769. The van der Waals surface area contributed by atoms with Crippen LogP contribution in [-0.2, 0) is 0 Å². The molecule has 3 N–H and O–H groups in total. The van der Waals surface area contributed by atoms with Gasteiger partial charge in [-0.05, 0) is 18.2 Å². The molecule has 0 aliphatic rings. The van der Waals surface area contributed by atoms with Crippen molar-refractivity contribution in [2.75, 3.05) is 0 Å². The van der Waals surface area contributed by atoms with Crippen molar-refractivity contribution in [3.8, 4) is 0 Å². The molecule has 0 spiro atoms. The van der Waals surface area contributed by atoms with Crippen molar-refractivity contribution in [2.45, 2.75) is 6.04 Å². The molecule has 0 amide bonds. The van der Waals surface area contributed by atoms with Gasteiger partial charge < -0.3 is 0 Å². The molecule has 0 heterocycles. The van der Waals surface area contributed by atoms with Crippen molar-refractivity contribution < 1.29 is 17.6 Å². The van der Waals surface area contributed by atoms with Gasteiger partial charge in [0.15, 0.2) is 17.5 Å². The lowest BCUT2D eigenvalue weighted by Gasteiger charge is -2.20. The van der Waals surface area contributed by atoms with Crippen LogP contribution in [-0.4, -0.2) is 0 Å². The first-order valence-electron chi connectivity index (χ1n) is 5.50. The largest absolute Gasteiger partial charge is 0.271 e. The minimum absolute atomic E-state index is 0.0000850. The van der Waals surface area contributed by atoms with Gasteiger partial charge >= 0.3 is 0 Å². The number of hydrogen-bond acceptors (Lipinski definition) is 2. The van der Waals surface area contributed by atoms with Crippen molar-refractivity contribution >= 4 is 15.9 Å². The van der Waals surface area contributed by atoms with Gasteiger partial charge in [0.05, 0.1) is 6.04 Å². The van der Waals surface area contributed by atoms with Gasteiger partial charge in [0.2, 0.25) is 0 Å². The van der Waals surface area contributed by atoms with Crippen LogP contribution in [0.2, 0.25) is 0 Å². The van der Waals surface area contributed by atoms with Crippen molar-refractivity contribution in [3.05, 3.63) is 69.2 Å². The first-order chi connectivity index (χ1) is 9.47. The van der Waals surface area contributed by atoms with Crippen LogP contribution in [0, 0.1) is 23.3 Å². The average Bonchev–Trinajstić information content (AvgIpc) is 2.42. The number of benzene rings is 2. The van der Waals surface area contributed by atoms with Crippen LogP contribution in [0.15, 0.2) is 34.8 Å². The van der Waals surface area contributed by atoms with Crippen molar-refractivity contribution in [2.24, 2.45) is 5.84 Å². The van der Waals surface area contributed by atoms with E-state index in [4.69, 9.17) is 5.84 Å². The van der Waals surface area contributed by atoms with Crippen LogP contribution >= 0.6 is 15.9 Å². The van der Waals surface area contributed by atoms with Crippen LogP contribution in [0.5, 0.6) is 0 Å². The second kappa shape index (κ2) is 5.90. The fourth-order valence-corrected chi connectivity index (χ4v) is 2.45. The Morgan fingerprint density at radius 1 is 0.950 bits per heavy atom. The molecule has 0 radical (unpaired) electrons. The maximum atomic E-state index is 13.9. The van der Waals surface area contributed by atoms with Crippen LogP contribution in [0.4, 0.5) is 17.6 Å². The molecule has 20 heavy (non-hydrogen) atoms. The van der Waals surface area contributed by atoms with Gasteiger partial charge in [0.25, 0.3) is 0 Å². The molecular weight excluding hydrogens is 340 g/mol. The summed E-state index contributed by atoms with van der Waals surface area (Å²) in [6.45, 7) is 0. The SMILES string of the molecule is NNC(c1ccc(F)c(F)c1F)c1c(F)cccc1Br. The van der Waals surface area contributed by atoms with Crippen LogP contribution in [0.25, 0.3) is 0 Å². The van der Waals surface area contributed by atoms with Gasteiger partial charge in [-0.25, -0.2) is 23.0 Å². The summed E-state index contributed by atoms with van der Waals surface area (Å²) >= 11 is 3.12. The Morgan fingerprint density at radius 2 is 1.65 bits per heavy atom. The summed E-state index contributed by atoms with van der Waals surface area (Å²) in [6, 6.07) is 4.73. The van der Waals surface area contributed by atoms with E-state index in [0.717, 1.165) is 18.2 Å². The third-order valence-corrected chi connectivity index (χ3v) is 3.52. The van der Waals surface area contributed by atoms with Gasteiger partial charge in [0, 0.05) is 15.6 Å². The quantitative estimate of drug-likeness (QED) is 0.385. The normalized spacial score (nSPS) is 12.5. The van der Waals surface area contributed by atoms with E-state index in [9.17, 15) is 17.6 Å². The second-order valence-electron chi connectivity index (χ2n) is 4.00. The first-order valence-corrected chi connectivity index (χ1v) is 6.30. The first kappa shape index (κ1) is 15.0. The fourth-order valence-electron chi connectivity index (χ4n) is 1.88. The van der Waals surface area contributed by atoms with E-state index in [1.54, 1.807) is 0 Å². The van der Waals surface area contributed by atoms with E-state index < -0.39 is 29.3 Å². The molecule has 2 nitrogen and oxygen atoms in total. The smallest absolute Gasteiger partial charge is 0.194 e. The Labute approximate surface area is 120 Å². The maximum Gasteiger partial charge on any atom is 0.194 e. The third kappa shape index (κ3) is 2.56. The van der Waals surface area contributed by atoms with Gasteiger partial charge in [-0.1, -0.05) is 28.1 Å². The van der Waals surface area contributed by atoms with Gasteiger partial charge in [-0.2, -0.15) is 0 Å². The Morgan fingerprint density at radius 3 is 2.25 bits per heavy atom. The zero-order valence-corrected chi connectivity index (χ0v) is 11.5.